The van der Waals surface area contributed by atoms with Crippen LogP contribution >= 0.6 is 0 Å². The smallest absolute Gasteiger partial charge is 0.241 e. The van der Waals surface area contributed by atoms with Gasteiger partial charge in [-0.05, 0) is 69.2 Å². The minimum absolute atomic E-state index is 0.0327. The molecule has 0 fully saturated rings. The molecule has 0 bridgehead atoms. The van der Waals surface area contributed by atoms with Crippen molar-refractivity contribution in [3.63, 3.8) is 0 Å². The summed E-state index contributed by atoms with van der Waals surface area (Å²) in [7, 11) is 5.44. The highest BCUT2D eigenvalue weighted by Gasteiger charge is 2.19. The maximum atomic E-state index is 11.8. The lowest BCUT2D eigenvalue weighted by molar-refractivity contribution is -0.110. The number of hydrogen-bond acceptors (Lipinski definition) is 5. The summed E-state index contributed by atoms with van der Waals surface area (Å²) >= 11 is 0. The molecule has 0 aliphatic heterocycles. The SMILES string of the molecule is C=CN=c1cc(Oc2ccc(N(C)/C(=C(\C#N)C=C)c3cc([B]C(C)=O)c(C)cc3C)cc2C)ccn1C. The van der Waals surface area contributed by atoms with Crippen molar-refractivity contribution in [2.45, 2.75) is 27.7 Å². The first-order chi connectivity index (χ1) is 18.1. The van der Waals surface area contributed by atoms with Gasteiger partial charge in [0.25, 0.3) is 0 Å². The molecule has 38 heavy (non-hydrogen) atoms. The predicted molar refractivity (Wildman–Crippen MR) is 156 cm³/mol. The number of carbonyl (C=O) groups excluding carboxylic acids is 1. The Balaban J connectivity index is 2.06. The zero-order valence-corrected chi connectivity index (χ0v) is 22.9. The normalized spacial score (nSPS) is 11.8. The molecule has 0 unspecified atom stereocenters. The molecular formula is C31H32BN4O2. The van der Waals surface area contributed by atoms with Crippen LogP contribution in [-0.2, 0) is 11.8 Å². The van der Waals surface area contributed by atoms with E-state index in [-0.39, 0.29) is 5.68 Å². The van der Waals surface area contributed by atoms with Crippen molar-refractivity contribution >= 4 is 29.8 Å². The Bertz CT molecular complexity index is 1560. The lowest BCUT2D eigenvalue weighted by atomic mass is 9.64. The molecule has 3 aromatic rings. The van der Waals surface area contributed by atoms with Gasteiger partial charge in [-0.3, -0.25) is 0 Å². The number of benzene rings is 2. The lowest BCUT2D eigenvalue weighted by Crippen LogP contribution is -2.26. The molecule has 7 heteroatoms. The average Bonchev–Trinajstić information content (AvgIpc) is 2.87. The van der Waals surface area contributed by atoms with Crippen LogP contribution in [-0.4, -0.2) is 24.6 Å². The third kappa shape index (κ3) is 6.22. The van der Waals surface area contributed by atoms with E-state index in [1.54, 1.807) is 13.4 Å². The number of ether oxygens (including phenoxy) is 1. The van der Waals surface area contributed by atoms with Gasteiger partial charge in [-0.25, -0.2) is 4.99 Å². The van der Waals surface area contributed by atoms with Gasteiger partial charge >= 0.3 is 0 Å². The third-order valence-corrected chi connectivity index (χ3v) is 6.23. The van der Waals surface area contributed by atoms with Gasteiger partial charge in [0.15, 0.2) is 0 Å². The number of aromatic nitrogens is 1. The van der Waals surface area contributed by atoms with Crippen LogP contribution in [0.1, 0.15) is 29.2 Å². The van der Waals surface area contributed by atoms with Crippen LogP contribution in [0.5, 0.6) is 11.5 Å². The molecule has 1 radical (unpaired) electrons. The Morgan fingerprint density at radius 1 is 1.11 bits per heavy atom. The third-order valence-electron chi connectivity index (χ3n) is 6.23. The highest BCUT2D eigenvalue weighted by Crippen LogP contribution is 2.33. The van der Waals surface area contributed by atoms with Crippen molar-refractivity contribution < 1.29 is 9.53 Å². The number of aryl methyl sites for hydroxylation is 4. The van der Waals surface area contributed by atoms with Crippen molar-refractivity contribution in [2.75, 3.05) is 11.9 Å². The predicted octanol–water partition coefficient (Wildman–Crippen LogP) is 5.22. The molecule has 2 aromatic carbocycles. The number of carbonyl (C=O) groups is 1. The topological polar surface area (TPSA) is 70.6 Å². The van der Waals surface area contributed by atoms with E-state index in [9.17, 15) is 10.1 Å². The Morgan fingerprint density at radius 3 is 2.45 bits per heavy atom. The van der Waals surface area contributed by atoms with E-state index in [0.29, 0.717) is 22.8 Å². The Hall–Kier alpha value is -4.57. The summed E-state index contributed by atoms with van der Waals surface area (Å²) in [6.45, 7) is 15.0. The molecule has 1 aromatic heterocycles. The van der Waals surface area contributed by atoms with Crippen LogP contribution in [0.4, 0.5) is 5.69 Å². The maximum absolute atomic E-state index is 11.8. The van der Waals surface area contributed by atoms with E-state index in [1.807, 2.05) is 93.0 Å². The van der Waals surface area contributed by atoms with E-state index in [2.05, 4.69) is 24.2 Å². The molecule has 0 amide bonds. The van der Waals surface area contributed by atoms with E-state index < -0.39 is 0 Å². The van der Waals surface area contributed by atoms with Gasteiger partial charge in [-0.15, -0.1) is 0 Å². The summed E-state index contributed by atoms with van der Waals surface area (Å²) in [6, 6.07) is 15.9. The summed E-state index contributed by atoms with van der Waals surface area (Å²) in [5.41, 5.74) is 7.30. The van der Waals surface area contributed by atoms with Crippen molar-refractivity contribution in [2.24, 2.45) is 12.0 Å². The van der Waals surface area contributed by atoms with Gasteiger partial charge in [0.05, 0.1) is 17.0 Å². The minimum Gasteiger partial charge on any atom is -0.457 e. The van der Waals surface area contributed by atoms with Gasteiger partial charge in [0.2, 0.25) is 7.28 Å². The Kier molecular flexibility index (Phi) is 8.93. The highest BCUT2D eigenvalue weighted by atomic mass is 16.5. The van der Waals surface area contributed by atoms with Gasteiger partial charge in [-0.1, -0.05) is 36.3 Å². The van der Waals surface area contributed by atoms with Gasteiger partial charge in [-0.2, -0.15) is 5.26 Å². The molecule has 0 saturated carbocycles. The second kappa shape index (κ2) is 12.1. The number of anilines is 1. The van der Waals surface area contributed by atoms with Crippen molar-refractivity contribution in [1.29, 1.82) is 5.26 Å². The zero-order valence-electron chi connectivity index (χ0n) is 22.9. The van der Waals surface area contributed by atoms with Crippen LogP contribution in [0, 0.1) is 32.1 Å². The number of rotatable bonds is 9. The fourth-order valence-electron chi connectivity index (χ4n) is 4.24. The van der Waals surface area contributed by atoms with Crippen molar-refractivity contribution in [1.82, 2.24) is 4.57 Å². The van der Waals surface area contributed by atoms with E-state index in [1.165, 1.54) is 13.1 Å². The number of allylic oxidation sites excluding steroid dienone is 2. The second-order valence-electron chi connectivity index (χ2n) is 9.11. The van der Waals surface area contributed by atoms with E-state index in [4.69, 9.17) is 4.74 Å². The molecule has 0 N–H and O–H groups in total. The monoisotopic (exact) mass is 503 g/mol. The Labute approximate surface area is 225 Å². The average molecular weight is 503 g/mol. The summed E-state index contributed by atoms with van der Waals surface area (Å²) in [5.74, 6) is 1.37. The number of pyridine rings is 1. The molecule has 6 nitrogen and oxygen atoms in total. The first-order valence-corrected chi connectivity index (χ1v) is 12.2. The summed E-state index contributed by atoms with van der Waals surface area (Å²) in [5, 5.41) is 9.95. The molecule has 0 saturated heterocycles. The molecular weight excluding hydrogens is 471 g/mol. The van der Waals surface area contributed by atoms with Crippen LogP contribution in [0.2, 0.25) is 0 Å². The van der Waals surface area contributed by atoms with Crippen LogP contribution in [0.3, 0.4) is 0 Å². The standard InChI is InChI=1S/C31H32BN4O2/c1-9-24(19-33)31(27-18-28(32-23(6)37)21(4)15-20(27)3)36(8)25-11-12-29(22(5)16-25)38-26-13-14-35(7)30(17-26)34-10-2/h9-18H,1-2H2,3-8H3/b31-24-,34-30?. The number of nitriles is 1. The van der Waals surface area contributed by atoms with Gasteiger partial charge < -0.3 is 19.0 Å². The summed E-state index contributed by atoms with van der Waals surface area (Å²) < 4.78 is 8.04. The fourth-order valence-corrected chi connectivity index (χ4v) is 4.24. The molecule has 0 atom stereocenters. The largest absolute Gasteiger partial charge is 0.457 e. The van der Waals surface area contributed by atoms with Crippen LogP contribution in [0.15, 0.2) is 84.7 Å². The second-order valence-corrected chi connectivity index (χ2v) is 9.11. The summed E-state index contributed by atoms with van der Waals surface area (Å²) in [6.07, 6.45) is 4.94. The first-order valence-electron chi connectivity index (χ1n) is 12.2. The van der Waals surface area contributed by atoms with Crippen molar-refractivity contribution in [3.05, 3.63) is 107 Å². The van der Waals surface area contributed by atoms with Crippen LogP contribution < -0.4 is 20.6 Å². The quantitative estimate of drug-likeness (QED) is 0.228. The molecule has 191 valence electrons. The molecule has 3 rings (SSSR count). The summed E-state index contributed by atoms with van der Waals surface area (Å²) in [4.78, 5) is 18.1. The van der Waals surface area contributed by atoms with Gasteiger partial charge in [0.1, 0.15) is 23.1 Å². The fraction of sp³-hybridized carbons (Fsp3) is 0.194. The molecule has 0 aliphatic carbocycles. The Morgan fingerprint density at radius 2 is 1.84 bits per heavy atom. The lowest BCUT2D eigenvalue weighted by Gasteiger charge is -2.27. The van der Waals surface area contributed by atoms with Crippen molar-refractivity contribution in [3.8, 4) is 17.6 Å². The molecule has 0 spiro atoms. The molecule has 1 heterocycles. The van der Waals surface area contributed by atoms with E-state index >= 15 is 0 Å². The van der Waals surface area contributed by atoms with Crippen LogP contribution in [0.25, 0.3) is 5.70 Å². The first kappa shape index (κ1) is 28.0. The number of hydrogen-bond donors (Lipinski definition) is 0. The van der Waals surface area contributed by atoms with E-state index in [0.717, 1.165) is 38.9 Å². The highest BCUT2D eigenvalue weighted by molar-refractivity contribution is 6.84. The minimum atomic E-state index is -0.0327. The number of nitrogens with zero attached hydrogens (tertiary/aromatic N) is 4. The maximum Gasteiger partial charge on any atom is 0.241 e. The van der Waals surface area contributed by atoms with Gasteiger partial charge in [0, 0.05) is 43.8 Å². The zero-order chi connectivity index (χ0) is 28.0. The molecule has 0 aliphatic rings.